The first-order chi connectivity index (χ1) is 11.8. The maximum atomic E-state index is 12.6. The van der Waals surface area contributed by atoms with Crippen LogP contribution < -0.4 is 4.90 Å². The van der Waals surface area contributed by atoms with Gasteiger partial charge in [0, 0.05) is 37.4 Å². The van der Waals surface area contributed by atoms with Crippen LogP contribution >= 0.6 is 0 Å². The van der Waals surface area contributed by atoms with E-state index < -0.39 is 11.7 Å². The van der Waals surface area contributed by atoms with Gasteiger partial charge in [-0.2, -0.15) is 13.2 Å². The molecule has 2 aromatic carbocycles. The quantitative estimate of drug-likeness (QED) is 0.820. The van der Waals surface area contributed by atoms with Crippen LogP contribution in [0.4, 0.5) is 18.9 Å². The highest BCUT2D eigenvalue weighted by Gasteiger charge is 2.30. The Bertz CT molecular complexity index is 748. The lowest BCUT2D eigenvalue weighted by atomic mass is 10.1. The summed E-state index contributed by atoms with van der Waals surface area (Å²) in [5.74, 6) is -0.224. The normalized spacial score (nSPS) is 15.4. The average Bonchev–Trinajstić information content (AvgIpc) is 2.61. The second-order valence-corrected chi connectivity index (χ2v) is 6.19. The second-order valence-electron chi connectivity index (χ2n) is 6.19. The number of rotatable bonds is 2. The summed E-state index contributed by atoms with van der Waals surface area (Å²) >= 11 is 0. The van der Waals surface area contributed by atoms with E-state index in [1.165, 1.54) is 17.7 Å². The number of carbonyl (C=O) groups is 1. The van der Waals surface area contributed by atoms with Crippen molar-refractivity contribution in [2.45, 2.75) is 13.1 Å². The molecule has 0 spiro atoms. The van der Waals surface area contributed by atoms with E-state index in [9.17, 15) is 18.0 Å². The predicted molar refractivity (Wildman–Crippen MR) is 90.7 cm³/mol. The van der Waals surface area contributed by atoms with E-state index in [4.69, 9.17) is 0 Å². The van der Waals surface area contributed by atoms with Gasteiger partial charge in [-0.05, 0) is 48.9 Å². The number of benzene rings is 2. The van der Waals surface area contributed by atoms with Gasteiger partial charge in [0.05, 0.1) is 5.56 Å². The van der Waals surface area contributed by atoms with E-state index in [0.717, 1.165) is 17.8 Å². The van der Waals surface area contributed by atoms with Gasteiger partial charge in [-0.3, -0.25) is 4.79 Å². The molecule has 1 saturated heterocycles. The summed E-state index contributed by atoms with van der Waals surface area (Å²) in [6.45, 7) is 4.54. The van der Waals surface area contributed by atoms with Gasteiger partial charge in [0.2, 0.25) is 0 Å². The Labute approximate surface area is 144 Å². The Kier molecular flexibility index (Phi) is 4.70. The van der Waals surface area contributed by atoms with Crippen molar-refractivity contribution >= 4 is 11.6 Å². The van der Waals surface area contributed by atoms with Crippen molar-refractivity contribution < 1.29 is 18.0 Å². The fourth-order valence-corrected chi connectivity index (χ4v) is 2.98. The standard InChI is InChI=1S/C19H19F3N2O/c1-14-3-2-4-17(13-14)23-9-11-24(12-10-23)18(25)15-5-7-16(8-6-15)19(20,21)22/h2-8,13H,9-12H2,1H3. The highest BCUT2D eigenvalue weighted by Crippen LogP contribution is 2.29. The Balaban J connectivity index is 1.63. The Morgan fingerprint density at radius 1 is 0.960 bits per heavy atom. The number of nitrogens with zero attached hydrogens (tertiary/aromatic N) is 2. The molecule has 0 saturated carbocycles. The fourth-order valence-electron chi connectivity index (χ4n) is 2.98. The summed E-state index contributed by atoms with van der Waals surface area (Å²) in [6, 6.07) is 12.6. The van der Waals surface area contributed by atoms with Crippen LogP contribution in [0.5, 0.6) is 0 Å². The first-order valence-corrected chi connectivity index (χ1v) is 8.13. The molecule has 0 unspecified atom stereocenters. The van der Waals surface area contributed by atoms with E-state index in [-0.39, 0.29) is 11.5 Å². The Hall–Kier alpha value is -2.50. The Morgan fingerprint density at radius 2 is 1.60 bits per heavy atom. The maximum Gasteiger partial charge on any atom is 0.416 e. The molecule has 0 atom stereocenters. The molecule has 3 rings (SSSR count). The SMILES string of the molecule is Cc1cccc(N2CCN(C(=O)c3ccc(C(F)(F)F)cc3)CC2)c1. The van der Waals surface area contributed by atoms with Crippen molar-refractivity contribution in [1.82, 2.24) is 4.90 Å². The molecule has 132 valence electrons. The van der Waals surface area contributed by atoms with Crippen LogP contribution in [0.3, 0.4) is 0 Å². The molecule has 0 bridgehead atoms. The molecule has 1 fully saturated rings. The summed E-state index contributed by atoms with van der Waals surface area (Å²) in [5, 5.41) is 0. The molecule has 1 heterocycles. The Morgan fingerprint density at radius 3 is 2.16 bits per heavy atom. The zero-order chi connectivity index (χ0) is 18.0. The molecule has 1 amide bonds. The van der Waals surface area contributed by atoms with Crippen LogP contribution in [0.15, 0.2) is 48.5 Å². The maximum absolute atomic E-state index is 12.6. The summed E-state index contributed by atoms with van der Waals surface area (Å²) in [6.07, 6.45) is -4.39. The van der Waals surface area contributed by atoms with Gasteiger partial charge in [0.15, 0.2) is 0 Å². The molecular weight excluding hydrogens is 329 g/mol. The van der Waals surface area contributed by atoms with Gasteiger partial charge >= 0.3 is 6.18 Å². The van der Waals surface area contributed by atoms with Crippen molar-refractivity contribution in [2.24, 2.45) is 0 Å². The van der Waals surface area contributed by atoms with Gasteiger partial charge in [0.25, 0.3) is 5.91 Å². The first kappa shape index (κ1) is 17.3. The van der Waals surface area contributed by atoms with Gasteiger partial charge < -0.3 is 9.80 Å². The van der Waals surface area contributed by atoms with Crippen LogP contribution in [0.1, 0.15) is 21.5 Å². The van der Waals surface area contributed by atoms with Crippen molar-refractivity contribution in [1.29, 1.82) is 0 Å². The van der Waals surface area contributed by atoms with Gasteiger partial charge in [-0.15, -0.1) is 0 Å². The molecule has 0 aliphatic carbocycles. The highest BCUT2D eigenvalue weighted by atomic mass is 19.4. The lowest BCUT2D eigenvalue weighted by Crippen LogP contribution is -2.48. The molecular formula is C19H19F3N2O. The summed E-state index contributed by atoms with van der Waals surface area (Å²) < 4.78 is 37.8. The number of amides is 1. The number of carbonyl (C=O) groups excluding carboxylic acids is 1. The van der Waals surface area contributed by atoms with Crippen molar-refractivity contribution in [3.05, 3.63) is 65.2 Å². The number of anilines is 1. The molecule has 3 nitrogen and oxygen atoms in total. The van der Waals surface area contributed by atoms with E-state index in [2.05, 4.69) is 11.0 Å². The molecule has 1 aliphatic rings. The van der Waals surface area contributed by atoms with Gasteiger partial charge in [-0.1, -0.05) is 12.1 Å². The summed E-state index contributed by atoms with van der Waals surface area (Å²) in [5.41, 5.74) is 1.85. The highest BCUT2D eigenvalue weighted by molar-refractivity contribution is 5.94. The minimum absolute atomic E-state index is 0.224. The van der Waals surface area contributed by atoms with Crippen molar-refractivity contribution in [3.63, 3.8) is 0 Å². The number of aryl methyl sites for hydroxylation is 1. The number of alkyl halides is 3. The number of hydrogen-bond donors (Lipinski definition) is 0. The number of piperazine rings is 1. The third-order valence-corrected chi connectivity index (χ3v) is 4.39. The smallest absolute Gasteiger partial charge is 0.368 e. The number of halogens is 3. The van der Waals surface area contributed by atoms with E-state index >= 15 is 0 Å². The van der Waals surface area contributed by atoms with Crippen LogP contribution in [0.2, 0.25) is 0 Å². The molecule has 6 heteroatoms. The van der Waals surface area contributed by atoms with Crippen LogP contribution in [0, 0.1) is 6.92 Å². The minimum atomic E-state index is -4.39. The monoisotopic (exact) mass is 348 g/mol. The van der Waals surface area contributed by atoms with Crippen molar-refractivity contribution in [2.75, 3.05) is 31.1 Å². The van der Waals surface area contributed by atoms with Crippen molar-refractivity contribution in [3.8, 4) is 0 Å². The molecule has 25 heavy (non-hydrogen) atoms. The first-order valence-electron chi connectivity index (χ1n) is 8.13. The minimum Gasteiger partial charge on any atom is -0.368 e. The van der Waals surface area contributed by atoms with E-state index in [0.29, 0.717) is 26.2 Å². The molecule has 1 aliphatic heterocycles. The zero-order valence-corrected chi connectivity index (χ0v) is 13.9. The lowest BCUT2D eigenvalue weighted by Gasteiger charge is -2.36. The van der Waals surface area contributed by atoms with E-state index in [1.807, 2.05) is 25.1 Å². The van der Waals surface area contributed by atoms with Crippen LogP contribution in [-0.2, 0) is 6.18 Å². The predicted octanol–water partition coefficient (Wildman–Crippen LogP) is 3.98. The fraction of sp³-hybridized carbons (Fsp3) is 0.316. The molecule has 0 aromatic heterocycles. The van der Waals surface area contributed by atoms with Crippen LogP contribution in [0.25, 0.3) is 0 Å². The molecule has 0 N–H and O–H groups in total. The average molecular weight is 348 g/mol. The molecule has 2 aromatic rings. The summed E-state index contributed by atoms with van der Waals surface area (Å²) in [7, 11) is 0. The van der Waals surface area contributed by atoms with Gasteiger partial charge in [0.1, 0.15) is 0 Å². The van der Waals surface area contributed by atoms with E-state index in [1.54, 1.807) is 4.90 Å². The topological polar surface area (TPSA) is 23.6 Å². The zero-order valence-electron chi connectivity index (χ0n) is 13.9. The van der Waals surface area contributed by atoms with Gasteiger partial charge in [-0.25, -0.2) is 0 Å². The lowest BCUT2D eigenvalue weighted by molar-refractivity contribution is -0.137. The summed E-state index contributed by atoms with van der Waals surface area (Å²) in [4.78, 5) is 16.4. The third-order valence-electron chi connectivity index (χ3n) is 4.39. The number of hydrogen-bond acceptors (Lipinski definition) is 2. The van der Waals surface area contributed by atoms with Crippen LogP contribution in [-0.4, -0.2) is 37.0 Å². The third kappa shape index (κ3) is 3.95. The molecule has 0 radical (unpaired) electrons. The second kappa shape index (κ2) is 6.78. The largest absolute Gasteiger partial charge is 0.416 e.